The maximum atomic E-state index is 11.6. The third kappa shape index (κ3) is 58.6. The number of rotatable bonds is 35. The Morgan fingerprint density at radius 3 is 1.45 bits per heavy atom. The number of esters is 1. The van der Waals surface area contributed by atoms with Crippen LogP contribution in [0.1, 0.15) is 268 Å². The van der Waals surface area contributed by atoms with Crippen LogP contribution in [0.2, 0.25) is 0 Å². The van der Waals surface area contributed by atoms with Crippen LogP contribution in [0.5, 0.6) is 0 Å². The number of carbonyl (C=O) groups excluding carboxylic acids is 4. The molecule has 0 bridgehead atoms. The van der Waals surface area contributed by atoms with Gasteiger partial charge in [-0.25, -0.2) is 0 Å². The Kier molecular flexibility index (Phi) is 59.9. The number of hydrogen-bond donors (Lipinski definition) is 0. The molecule has 58 heavy (non-hydrogen) atoms. The molecule has 0 radical (unpaired) electrons. The quantitative estimate of drug-likeness (QED) is 0.0357. The summed E-state index contributed by atoms with van der Waals surface area (Å²) in [6.07, 6.45) is 37.8. The summed E-state index contributed by atoms with van der Waals surface area (Å²) in [4.78, 5) is 45.1. The summed E-state index contributed by atoms with van der Waals surface area (Å²) in [5.41, 5.74) is 0. The van der Waals surface area contributed by atoms with Gasteiger partial charge in [0, 0.05) is 32.4 Å². The molecule has 0 aromatic heterocycles. The third-order valence-corrected chi connectivity index (χ3v) is 10.4. The number of unbranched alkanes of at least 4 members (excludes halogenated alkanes) is 19. The zero-order valence-corrected chi connectivity index (χ0v) is 40.9. The summed E-state index contributed by atoms with van der Waals surface area (Å²) in [6, 6.07) is 0. The average molecular weight is 826 g/mol. The summed E-state index contributed by atoms with van der Waals surface area (Å²) in [6.45, 7) is 24.8. The van der Waals surface area contributed by atoms with Crippen molar-refractivity contribution in [3.05, 3.63) is 0 Å². The standard InChI is InChI=1S/C18H38.C16H29NO3.C10H18O3.C5H12.C2H6/c1-4-6-8-10-12-14-16-18(3)17-15-13-11-9-7-5-2;1-3-4-9-16(19)20-15-10-12-17(13-15)11-7-5-6-8-14(2)18;1-10(12)7-5-3-2-4-6-8-13-9-11;1-3-5-4-2;1-2/h18H,4-17H2,1-3H3;15H,3-13H2,1-2H3;9H,2-8H2,1H3;3-5H2,1-2H3;1-2H3. The molecule has 1 saturated heterocycles. The van der Waals surface area contributed by atoms with Crippen LogP contribution in [0.25, 0.3) is 0 Å². The molecule has 0 aliphatic carbocycles. The second kappa shape index (κ2) is 55.2. The minimum atomic E-state index is -0.0415. The van der Waals surface area contributed by atoms with Crippen LogP contribution in [0.3, 0.4) is 0 Å². The molecule has 0 aromatic rings. The molecule has 348 valence electrons. The zero-order chi connectivity index (χ0) is 44.3. The van der Waals surface area contributed by atoms with E-state index in [4.69, 9.17) is 4.74 Å². The summed E-state index contributed by atoms with van der Waals surface area (Å²) >= 11 is 0. The molecule has 0 amide bonds. The number of nitrogens with zero attached hydrogens (tertiary/aromatic N) is 1. The first-order valence-electron chi connectivity index (χ1n) is 25.1. The first kappa shape index (κ1) is 62.9. The van der Waals surface area contributed by atoms with Crippen molar-refractivity contribution in [3.63, 3.8) is 0 Å². The molecular weight excluding hydrogens is 723 g/mol. The zero-order valence-electron chi connectivity index (χ0n) is 40.9. The normalized spacial score (nSPS) is 13.1. The Bertz CT molecular complexity index is 816. The smallest absolute Gasteiger partial charge is 0.306 e. The minimum absolute atomic E-state index is 0.0415. The molecular formula is C51H103NO6. The predicted octanol–water partition coefficient (Wildman–Crippen LogP) is 15.4. The first-order chi connectivity index (χ1) is 28.1. The van der Waals surface area contributed by atoms with Gasteiger partial charge in [-0.2, -0.15) is 0 Å². The number of likely N-dealkylation sites (tertiary alicyclic amines) is 1. The molecule has 1 unspecified atom stereocenters. The summed E-state index contributed by atoms with van der Waals surface area (Å²) in [5, 5.41) is 0. The Hall–Kier alpha value is -1.76. The molecule has 1 aliphatic rings. The number of ether oxygens (including phenoxy) is 2. The molecule has 0 saturated carbocycles. The van der Waals surface area contributed by atoms with Gasteiger partial charge < -0.3 is 19.1 Å². The van der Waals surface area contributed by atoms with E-state index in [-0.39, 0.29) is 23.6 Å². The van der Waals surface area contributed by atoms with Gasteiger partial charge in [0.1, 0.15) is 17.7 Å². The third-order valence-electron chi connectivity index (χ3n) is 10.4. The van der Waals surface area contributed by atoms with Gasteiger partial charge in [0.25, 0.3) is 6.47 Å². The lowest BCUT2D eigenvalue weighted by Crippen LogP contribution is -2.25. The SMILES string of the molecule is CC.CC(=O)CCCCCCCOC=O.CCCCC.CCCCC(=O)OC1CCN(CCCCCC(C)=O)C1.CCCCCCCCC(C)CCCCCCCC. The lowest BCUT2D eigenvalue weighted by atomic mass is 9.96. The number of carbonyl (C=O) groups is 4. The number of Topliss-reactive ketones (excluding diaryl/α,β-unsaturated/α-hetero) is 2. The van der Waals surface area contributed by atoms with Crippen molar-refractivity contribution >= 4 is 24.0 Å². The van der Waals surface area contributed by atoms with Crippen LogP contribution in [0.15, 0.2) is 0 Å². The van der Waals surface area contributed by atoms with Crippen LogP contribution in [0.4, 0.5) is 0 Å². The molecule has 0 spiro atoms. The summed E-state index contributed by atoms with van der Waals surface area (Å²) in [7, 11) is 0. The Morgan fingerprint density at radius 2 is 1.00 bits per heavy atom. The Labute approximate surface area is 363 Å². The van der Waals surface area contributed by atoms with E-state index in [2.05, 4.69) is 51.2 Å². The van der Waals surface area contributed by atoms with E-state index < -0.39 is 0 Å². The van der Waals surface area contributed by atoms with Crippen molar-refractivity contribution in [2.24, 2.45) is 5.92 Å². The summed E-state index contributed by atoms with van der Waals surface area (Å²) < 4.78 is 10.0. The van der Waals surface area contributed by atoms with Crippen molar-refractivity contribution in [2.75, 3.05) is 26.2 Å². The van der Waals surface area contributed by atoms with Crippen molar-refractivity contribution in [2.45, 2.75) is 274 Å². The summed E-state index contributed by atoms with van der Waals surface area (Å²) in [5.74, 6) is 1.48. The molecule has 0 aromatic carbocycles. The van der Waals surface area contributed by atoms with Crippen LogP contribution < -0.4 is 0 Å². The van der Waals surface area contributed by atoms with E-state index in [1.54, 1.807) is 13.8 Å². The molecule has 1 rings (SSSR count). The van der Waals surface area contributed by atoms with Gasteiger partial charge in [0.15, 0.2) is 0 Å². The highest BCUT2D eigenvalue weighted by atomic mass is 16.5. The highest BCUT2D eigenvalue weighted by Gasteiger charge is 2.24. The fourth-order valence-corrected chi connectivity index (χ4v) is 6.73. The van der Waals surface area contributed by atoms with Crippen molar-refractivity contribution in [3.8, 4) is 0 Å². The lowest BCUT2D eigenvalue weighted by Gasteiger charge is -2.16. The van der Waals surface area contributed by atoms with Crippen LogP contribution in [0, 0.1) is 5.92 Å². The fourth-order valence-electron chi connectivity index (χ4n) is 6.73. The van der Waals surface area contributed by atoms with Gasteiger partial charge in [0.05, 0.1) is 6.61 Å². The minimum Gasteiger partial charge on any atom is -0.468 e. The van der Waals surface area contributed by atoms with E-state index in [1.807, 2.05) is 13.8 Å². The van der Waals surface area contributed by atoms with Crippen LogP contribution in [-0.4, -0.2) is 61.3 Å². The topological polar surface area (TPSA) is 90.0 Å². The van der Waals surface area contributed by atoms with Gasteiger partial charge in [-0.15, -0.1) is 0 Å². The van der Waals surface area contributed by atoms with E-state index in [0.29, 0.717) is 32.3 Å². The molecule has 1 aliphatic heterocycles. The maximum absolute atomic E-state index is 11.6. The molecule has 1 atom stereocenters. The lowest BCUT2D eigenvalue weighted by molar-refractivity contribution is -0.148. The van der Waals surface area contributed by atoms with Crippen molar-refractivity contribution in [1.82, 2.24) is 4.90 Å². The maximum Gasteiger partial charge on any atom is 0.306 e. The second-order valence-electron chi connectivity index (χ2n) is 16.6. The predicted molar refractivity (Wildman–Crippen MR) is 252 cm³/mol. The van der Waals surface area contributed by atoms with Gasteiger partial charge in [-0.3, -0.25) is 14.5 Å². The molecule has 7 nitrogen and oxygen atoms in total. The van der Waals surface area contributed by atoms with Crippen LogP contribution in [-0.2, 0) is 28.7 Å². The van der Waals surface area contributed by atoms with Gasteiger partial charge in [-0.05, 0) is 64.8 Å². The average Bonchev–Trinajstić information content (AvgIpc) is 3.66. The number of ketones is 2. The molecule has 7 heteroatoms. The molecule has 1 fully saturated rings. The van der Waals surface area contributed by atoms with E-state index in [1.165, 1.54) is 109 Å². The van der Waals surface area contributed by atoms with E-state index in [9.17, 15) is 19.2 Å². The monoisotopic (exact) mass is 826 g/mol. The van der Waals surface area contributed by atoms with Gasteiger partial charge in [0.2, 0.25) is 0 Å². The highest BCUT2D eigenvalue weighted by molar-refractivity contribution is 5.75. The first-order valence-corrected chi connectivity index (χ1v) is 25.1. The van der Waals surface area contributed by atoms with Gasteiger partial charge >= 0.3 is 5.97 Å². The van der Waals surface area contributed by atoms with Gasteiger partial charge in [-0.1, -0.05) is 197 Å². The highest BCUT2D eigenvalue weighted by Crippen LogP contribution is 2.19. The largest absolute Gasteiger partial charge is 0.468 e. The second-order valence-corrected chi connectivity index (χ2v) is 16.6. The van der Waals surface area contributed by atoms with Crippen molar-refractivity contribution < 1.29 is 28.7 Å². The Morgan fingerprint density at radius 1 is 0.569 bits per heavy atom. The van der Waals surface area contributed by atoms with Crippen LogP contribution >= 0.6 is 0 Å². The van der Waals surface area contributed by atoms with E-state index >= 15 is 0 Å². The Balaban J connectivity index is -0.000000354. The molecule has 1 heterocycles. The fraction of sp³-hybridized carbons (Fsp3) is 0.922. The number of hydrogen-bond acceptors (Lipinski definition) is 7. The molecule has 0 N–H and O–H groups in total. The van der Waals surface area contributed by atoms with Crippen molar-refractivity contribution in [1.29, 1.82) is 0 Å². The van der Waals surface area contributed by atoms with E-state index in [0.717, 1.165) is 96.2 Å².